The van der Waals surface area contributed by atoms with Crippen LogP contribution in [0.25, 0.3) is 11.2 Å². The smallest absolute Gasteiger partial charge is 0.157 e. The van der Waals surface area contributed by atoms with E-state index in [0.717, 1.165) is 16.7 Å². The van der Waals surface area contributed by atoms with E-state index in [0.29, 0.717) is 6.54 Å². The van der Waals surface area contributed by atoms with Crippen LogP contribution in [0.2, 0.25) is 0 Å². The minimum absolute atomic E-state index is 0.504. The molecule has 0 saturated heterocycles. The van der Waals surface area contributed by atoms with Crippen molar-refractivity contribution in [1.82, 2.24) is 15.0 Å². The molecule has 0 radical (unpaired) electrons. The van der Waals surface area contributed by atoms with Crippen LogP contribution >= 0.6 is 0 Å². The van der Waals surface area contributed by atoms with Gasteiger partial charge in [-0.15, -0.1) is 0 Å². The Balaban J connectivity index is 2.79. The Labute approximate surface area is 63.5 Å². The Morgan fingerprint density at radius 3 is 3.18 bits per heavy atom. The largest absolute Gasteiger partial charge is 0.329 e. The number of nitrogens with one attached hydrogen (secondary N) is 1. The van der Waals surface area contributed by atoms with Gasteiger partial charge in [0.15, 0.2) is 5.65 Å². The summed E-state index contributed by atoms with van der Waals surface area (Å²) < 4.78 is 0. The van der Waals surface area contributed by atoms with E-state index in [2.05, 4.69) is 15.0 Å². The number of rotatable bonds is 1. The van der Waals surface area contributed by atoms with Crippen molar-refractivity contribution in [2.45, 2.75) is 6.54 Å². The van der Waals surface area contributed by atoms with E-state index in [1.807, 2.05) is 6.07 Å². The number of hydrogen-bond donors (Lipinski definition) is 2. The molecule has 2 aromatic rings. The SMILES string of the molecule is NCc1ccnc2[nH]cnc12. The second kappa shape index (κ2) is 2.32. The zero-order valence-corrected chi connectivity index (χ0v) is 5.91. The Morgan fingerprint density at radius 2 is 2.36 bits per heavy atom. The molecule has 0 fully saturated rings. The predicted octanol–water partition coefficient (Wildman–Crippen LogP) is 0.417. The highest BCUT2D eigenvalue weighted by atomic mass is 14.9. The number of nitrogens with two attached hydrogens (primary N) is 1. The van der Waals surface area contributed by atoms with Gasteiger partial charge in [-0.3, -0.25) is 0 Å². The first kappa shape index (κ1) is 6.30. The van der Waals surface area contributed by atoms with Crippen LogP contribution in [0, 0.1) is 0 Å². The molecule has 4 nitrogen and oxygen atoms in total. The van der Waals surface area contributed by atoms with Crippen molar-refractivity contribution in [3.63, 3.8) is 0 Å². The highest BCUT2D eigenvalue weighted by Crippen LogP contribution is 2.10. The Hall–Kier alpha value is -1.42. The molecule has 0 aliphatic rings. The van der Waals surface area contributed by atoms with E-state index in [-0.39, 0.29) is 0 Å². The summed E-state index contributed by atoms with van der Waals surface area (Å²) in [7, 11) is 0. The van der Waals surface area contributed by atoms with Crippen molar-refractivity contribution in [1.29, 1.82) is 0 Å². The highest BCUT2D eigenvalue weighted by Gasteiger charge is 2.00. The van der Waals surface area contributed by atoms with E-state index in [4.69, 9.17) is 5.73 Å². The number of aromatic amines is 1. The predicted molar refractivity (Wildman–Crippen MR) is 41.8 cm³/mol. The first-order valence-electron chi connectivity index (χ1n) is 3.39. The van der Waals surface area contributed by atoms with Gasteiger partial charge in [0.2, 0.25) is 0 Å². The number of pyridine rings is 1. The van der Waals surface area contributed by atoms with Gasteiger partial charge >= 0.3 is 0 Å². The van der Waals surface area contributed by atoms with Gasteiger partial charge in [0.05, 0.1) is 6.33 Å². The molecule has 2 rings (SSSR count). The van der Waals surface area contributed by atoms with Gasteiger partial charge in [-0.25, -0.2) is 9.97 Å². The van der Waals surface area contributed by atoms with Gasteiger partial charge < -0.3 is 10.7 Å². The number of fused-ring (bicyclic) bond motifs is 1. The summed E-state index contributed by atoms with van der Waals surface area (Å²) in [6.07, 6.45) is 3.35. The summed E-state index contributed by atoms with van der Waals surface area (Å²) in [6.45, 7) is 0.504. The topological polar surface area (TPSA) is 67.6 Å². The normalized spacial score (nSPS) is 10.6. The molecule has 0 aliphatic carbocycles. The summed E-state index contributed by atoms with van der Waals surface area (Å²) in [5, 5.41) is 0. The average molecular weight is 148 g/mol. The number of hydrogen-bond acceptors (Lipinski definition) is 3. The van der Waals surface area contributed by atoms with E-state index < -0.39 is 0 Å². The van der Waals surface area contributed by atoms with Crippen molar-refractivity contribution in [3.8, 4) is 0 Å². The summed E-state index contributed by atoms with van der Waals surface area (Å²) in [5.41, 5.74) is 8.19. The molecule has 2 aromatic heterocycles. The second-order valence-electron chi connectivity index (χ2n) is 2.27. The fourth-order valence-corrected chi connectivity index (χ4v) is 1.07. The Bertz CT molecular complexity index is 365. The highest BCUT2D eigenvalue weighted by molar-refractivity contribution is 5.73. The van der Waals surface area contributed by atoms with Crippen LogP contribution in [-0.4, -0.2) is 15.0 Å². The third kappa shape index (κ3) is 0.877. The lowest BCUT2D eigenvalue weighted by Gasteiger charge is -1.94. The molecular weight excluding hydrogens is 140 g/mol. The fraction of sp³-hybridized carbons (Fsp3) is 0.143. The van der Waals surface area contributed by atoms with E-state index >= 15 is 0 Å². The molecule has 4 heteroatoms. The quantitative estimate of drug-likeness (QED) is 0.615. The third-order valence-corrected chi connectivity index (χ3v) is 1.62. The lowest BCUT2D eigenvalue weighted by Crippen LogP contribution is -1.97. The molecule has 0 amide bonds. The minimum Gasteiger partial charge on any atom is -0.329 e. The van der Waals surface area contributed by atoms with Crippen LogP contribution in [0.15, 0.2) is 18.6 Å². The molecule has 2 heterocycles. The van der Waals surface area contributed by atoms with Crippen LogP contribution < -0.4 is 5.73 Å². The van der Waals surface area contributed by atoms with Crippen molar-refractivity contribution < 1.29 is 0 Å². The lowest BCUT2D eigenvalue weighted by atomic mass is 10.2. The van der Waals surface area contributed by atoms with Gasteiger partial charge in [0.1, 0.15) is 5.52 Å². The number of nitrogens with zero attached hydrogens (tertiary/aromatic N) is 2. The molecule has 0 spiro atoms. The van der Waals surface area contributed by atoms with Crippen molar-refractivity contribution >= 4 is 11.2 Å². The maximum atomic E-state index is 5.49. The summed E-state index contributed by atoms with van der Waals surface area (Å²) in [6, 6.07) is 1.88. The van der Waals surface area contributed by atoms with Crippen LogP contribution in [0.3, 0.4) is 0 Å². The van der Waals surface area contributed by atoms with E-state index in [1.165, 1.54) is 0 Å². The maximum Gasteiger partial charge on any atom is 0.157 e. The standard InChI is InChI=1S/C7H8N4/c8-3-5-1-2-9-7-6(5)10-4-11-7/h1-2,4H,3,8H2,(H,9,10,11). The second-order valence-corrected chi connectivity index (χ2v) is 2.27. The molecule has 3 N–H and O–H groups in total. The van der Waals surface area contributed by atoms with Crippen molar-refractivity contribution in [2.24, 2.45) is 5.73 Å². The van der Waals surface area contributed by atoms with E-state index in [9.17, 15) is 0 Å². The zero-order valence-electron chi connectivity index (χ0n) is 5.91. The van der Waals surface area contributed by atoms with Crippen LogP contribution in [0.5, 0.6) is 0 Å². The summed E-state index contributed by atoms with van der Waals surface area (Å²) in [5.74, 6) is 0. The van der Waals surface area contributed by atoms with Gasteiger partial charge in [-0.2, -0.15) is 0 Å². The van der Waals surface area contributed by atoms with Gasteiger partial charge in [-0.05, 0) is 11.6 Å². The molecule has 0 atom stereocenters. The molecule has 56 valence electrons. The Kier molecular flexibility index (Phi) is 1.33. The molecule has 11 heavy (non-hydrogen) atoms. The van der Waals surface area contributed by atoms with Gasteiger partial charge in [-0.1, -0.05) is 0 Å². The van der Waals surface area contributed by atoms with Crippen molar-refractivity contribution in [3.05, 3.63) is 24.2 Å². The number of H-pyrrole nitrogens is 1. The van der Waals surface area contributed by atoms with Gasteiger partial charge in [0, 0.05) is 12.7 Å². The lowest BCUT2D eigenvalue weighted by molar-refractivity contribution is 1.07. The molecular formula is C7H8N4. The average Bonchev–Trinajstić information content (AvgIpc) is 2.50. The minimum atomic E-state index is 0.504. The first-order valence-corrected chi connectivity index (χ1v) is 3.39. The number of imidazole rings is 1. The van der Waals surface area contributed by atoms with Crippen LogP contribution in [0.4, 0.5) is 0 Å². The van der Waals surface area contributed by atoms with Crippen molar-refractivity contribution in [2.75, 3.05) is 0 Å². The summed E-state index contributed by atoms with van der Waals surface area (Å²) >= 11 is 0. The van der Waals surface area contributed by atoms with Crippen LogP contribution in [0.1, 0.15) is 5.56 Å². The first-order chi connectivity index (χ1) is 5.42. The molecule has 0 bridgehead atoms. The fourth-order valence-electron chi connectivity index (χ4n) is 1.07. The molecule has 0 unspecified atom stereocenters. The monoisotopic (exact) mass is 148 g/mol. The maximum absolute atomic E-state index is 5.49. The summed E-state index contributed by atoms with van der Waals surface area (Å²) in [4.78, 5) is 11.1. The van der Waals surface area contributed by atoms with Crippen LogP contribution in [-0.2, 0) is 6.54 Å². The third-order valence-electron chi connectivity index (χ3n) is 1.62. The van der Waals surface area contributed by atoms with E-state index in [1.54, 1.807) is 12.5 Å². The number of aromatic nitrogens is 3. The molecule has 0 aliphatic heterocycles. The molecule has 0 saturated carbocycles. The zero-order chi connectivity index (χ0) is 7.68. The molecule has 0 aromatic carbocycles. The van der Waals surface area contributed by atoms with Gasteiger partial charge in [0.25, 0.3) is 0 Å². The Morgan fingerprint density at radius 1 is 1.45 bits per heavy atom.